The highest BCUT2D eigenvalue weighted by Gasteiger charge is 2.15. The summed E-state index contributed by atoms with van der Waals surface area (Å²) >= 11 is 12.7. The Labute approximate surface area is 199 Å². The zero-order valence-corrected chi connectivity index (χ0v) is 20.9. The Morgan fingerprint density at radius 2 is 1.66 bits per heavy atom. The third-order valence-electron chi connectivity index (χ3n) is 4.52. The van der Waals surface area contributed by atoms with E-state index in [4.69, 9.17) is 32.2 Å². The third-order valence-corrected chi connectivity index (χ3v) is 6.36. The molecule has 2 aromatic rings. The van der Waals surface area contributed by atoms with Crippen LogP contribution in [-0.4, -0.2) is 25.5 Å². The normalized spacial score (nSPS) is 11.8. The number of hydrogen-bond donors (Lipinski definition) is 0. The molecule has 9 heteroatoms. The first kappa shape index (κ1) is 26.3. The summed E-state index contributed by atoms with van der Waals surface area (Å²) in [5.74, 6) is 0.241. The Hall–Kier alpha value is -1.96. The molecule has 0 saturated carbocycles. The van der Waals surface area contributed by atoms with Crippen LogP contribution in [0.25, 0.3) is 12.2 Å². The molecule has 0 aliphatic carbocycles. The number of benzene rings is 1. The molecule has 1 heterocycles. The van der Waals surface area contributed by atoms with Crippen LogP contribution in [0.3, 0.4) is 0 Å². The fraction of sp³-hybridized carbons (Fsp3) is 0.435. The van der Waals surface area contributed by atoms with E-state index < -0.39 is 15.7 Å². The molecule has 0 unspecified atom stereocenters. The van der Waals surface area contributed by atoms with Gasteiger partial charge in [-0.25, -0.2) is 0 Å². The van der Waals surface area contributed by atoms with E-state index in [1.165, 1.54) is 6.07 Å². The fourth-order valence-corrected chi connectivity index (χ4v) is 4.58. The summed E-state index contributed by atoms with van der Waals surface area (Å²) in [6.45, 7) is 6.14. The van der Waals surface area contributed by atoms with Gasteiger partial charge in [0.05, 0.1) is 28.1 Å². The highest BCUT2D eigenvalue weighted by Crippen LogP contribution is 2.35. The van der Waals surface area contributed by atoms with Crippen molar-refractivity contribution < 1.29 is 17.4 Å². The van der Waals surface area contributed by atoms with E-state index in [0.29, 0.717) is 39.9 Å². The number of pyridine rings is 1. The van der Waals surface area contributed by atoms with Crippen molar-refractivity contribution in [3.8, 4) is 5.75 Å². The molecule has 0 N–H and O–H groups in total. The SMILES string of the molecule is CCCCCCOc1c(Cl)cc(/C=C/c2cc(C)cc(=O)n2OS(=O)(=O)CCC)cc1Cl. The van der Waals surface area contributed by atoms with E-state index >= 15 is 0 Å². The predicted octanol–water partition coefficient (Wildman–Crippen LogP) is 5.76. The molecule has 1 aromatic carbocycles. The minimum absolute atomic E-state index is 0.193. The Bertz CT molecular complexity index is 1090. The topological polar surface area (TPSA) is 74.6 Å². The maximum atomic E-state index is 12.4. The molecule has 0 fully saturated rings. The van der Waals surface area contributed by atoms with Crippen LogP contribution in [0.5, 0.6) is 5.75 Å². The first-order valence-electron chi connectivity index (χ1n) is 10.6. The highest BCUT2D eigenvalue weighted by atomic mass is 35.5. The zero-order chi connectivity index (χ0) is 23.7. The minimum atomic E-state index is -3.89. The Balaban J connectivity index is 2.27. The molecular formula is C23H29Cl2NO5S. The summed E-state index contributed by atoms with van der Waals surface area (Å²) in [6, 6.07) is 6.34. The molecule has 32 heavy (non-hydrogen) atoms. The molecule has 6 nitrogen and oxygen atoms in total. The lowest BCUT2D eigenvalue weighted by Gasteiger charge is -2.12. The van der Waals surface area contributed by atoms with Crippen LogP contribution in [0.15, 0.2) is 29.1 Å². The molecule has 0 aliphatic heterocycles. The minimum Gasteiger partial charge on any atom is -0.490 e. The van der Waals surface area contributed by atoms with Gasteiger partial charge in [0.25, 0.3) is 5.56 Å². The summed E-state index contributed by atoms with van der Waals surface area (Å²) in [4.78, 5) is 12.4. The van der Waals surface area contributed by atoms with E-state index in [9.17, 15) is 13.2 Å². The van der Waals surface area contributed by atoms with Gasteiger partial charge in [0.15, 0.2) is 5.75 Å². The molecule has 0 atom stereocenters. The Morgan fingerprint density at radius 1 is 0.969 bits per heavy atom. The van der Waals surface area contributed by atoms with E-state index in [1.807, 2.05) is 0 Å². The average molecular weight is 502 g/mol. The van der Waals surface area contributed by atoms with E-state index in [1.54, 1.807) is 44.2 Å². The van der Waals surface area contributed by atoms with Gasteiger partial charge in [0.2, 0.25) is 0 Å². The zero-order valence-electron chi connectivity index (χ0n) is 18.6. The van der Waals surface area contributed by atoms with Crippen LogP contribution in [0.1, 0.15) is 62.8 Å². The third kappa shape index (κ3) is 7.87. The van der Waals surface area contributed by atoms with Crippen molar-refractivity contribution in [2.45, 2.75) is 52.9 Å². The molecule has 0 spiro atoms. The molecule has 0 radical (unpaired) electrons. The van der Waals surface area contributed by atoms with Gasteiger partial charge in [-0.15, -0.1) is 4.73 Å². The standard InChI is InChI=1S/C23H29Cl2NO5S/c1-4-6-7-8-11-30-23-20(24)15-18(16-21(23)25)9-10-19-13-17(3)14-22(27)26(19)31-32(28,29)12-5-2/h9-10,13-16H,4-8,11-12H2,1-3H3/b10-9+. The quantitative estimate of drug-likeness (QED) is 0.345. The second-order valence-electron chi connectivity index (χ2n) is 7.48. The molecule has 1 aromatic heterocycles. The van der Waals surface area contributed by atoms with Gasteiger partial charge in [-0.1, -0.05) is 62.4 Å². The van der Waals surface area contributed by atoms with Gasteiger partial charge >= 0.3 is 10.1 Å². The number of rotatable bonds is 12. The molecule has 0 amide bonds. The van der Waals surface area contributed by atoms with Crippen molar-refractivity contribution in [3.05, 3.63) is 61.5 Å². The first-order chi connectivity index (χ1) is 15.2. The van der Waals surface area contributed by atoms with E-state index in [2.05, 4.69) is 6.92 Å². The second kappa shape index (κ2) is 12.3. The number of aromatic nitrogens is 1. The van der Waals surface area contributed by atoms with E-state index in [0.717, 1.165) is 30.4 Å². The van der Waals surface area contributed by atoms with Crippen LogP contribution in [0.2, 0.25) is 10.0 Å². The molecular weight excluding hydrogens is 473 g/mol. The van der Waals surface area contributed by atoms with Gasteiger partial charge in [-0.2, -0.15) is 8.42 Å². The summed E-state index contributed by atoms with van der Waals surface area (Å²) in [7, 11) is -3.89. The van der Waals surface area contributed by atoms with Crippen molar-refractivity contribution in [2.75, 3.05) is 12.4 Å². The number of nitrogens with zero attached hydrogens (tertiary/aromatic N) is 1. The van der Waals surface area contributed by atoms with Gasteiger partial charge in [0, 0.05) is 6.07 Å². The monoisotopic (exact) mass is 501 g/mol. The lowest BCUT2D eigenvalue weighted by molar-refractivity contribution is 0.264. The van der Waals surface area contributed by atoms with Crippen LogP contribution >= 0.6 is 23.2 Å². The summed E-state index contributed by atoms with van der Waals surface area (Å²) < 4.78 is 35.7. The molecule has 0 saturated heterocycles. The molecule has 2 rings (SSSR count). The molecule has 0 aliphatic rings. The van der Waals surface area contributed by atoms with Gasteiger partial charge in [0.1, 0.15) is 0 Å². The van der Waals surface area contributed by atoms with Gasteiger partial charge < -0.3 is 4.74 Å². The van der Waals surface area contributed by atoms with Crippen molar-refractivity contribution >= 4 is 45.5 Å². The molecule has 0 bridgehead atoms. The van der Waals surface area contributed by atoms with Crippen LogP contribution in [0, 0.1) is 6.92 Å². The maximum absolute atomic E-state index is 12.4. The van der Waals surface area contributed by atoms with Crippen LogP contribution < -0.4 is 14.6 Å². The van der Waals surface area contributed by atoms with Gasteiger partial charge in [-0.3, -0.25) is 9.08 Å². The predicted molar refractivity (Wildman–Crippen MR) is 131 cm³/mol. The Kier molecular flexibility index (Phi) is 10.1. The second-order valence-corrected chi connectivity index (χ2v) is 9.97. The van der Waals surface area contributed by atoms with Crippen LogP contribution in [0.4, 0.5) is 0 Å². The number of halogens is 2. The first-order valence-corrected chi connectivity index (χ1v) is 13.0. The largest absolute Gasteiger partial charge is 0.490 e. The Morgan fingerprint density at radius 3 is 2.28 bits per heavy atom. The number of unbranched alkanes of at least 4 members (excludes halogenated alkanes) is 3. The summed E-state index contributed by atoms with van der Waals surface area (Å²) in [5, 5.41) is 0.743. The summed E-state index contributed by atoms with van der Waals surface area (Å²) in [6.07, 6.45) is 7.92. The maximum Gasteiger partial charge on any atom is 0.327 e. The number of hydrogen-bond acceptors (Lipinski definition) is 5. The number of ether oxygens (including phenoxy) is 1. The molecule has 176 valence electrons. The van der Waals surface area contributed by atoms with Crippen molar-refractivity contribution in [2.24, 2.45) is 0 Å². The number of aryl methyl sites for hydroxylation is 1. The van der Waals surface area contributed by atoms with Crippen LogP contribution in [-0.2, 0) is 10.1 Å². The fourth-order valence-electron chi connectivity index (χ4n) is 3.01. The lowest BCUT2D eigenvalue weighted by Crippen LogP contribution is -2.33. The van der Waals surface area contributed by atoms with Crippen molar-refractivity contribution in [3.63, 3.8) is 0 Å². The van der Waals surface area contributed by atoms with Crippen molar-refractivity contribution in [1.29, 1.82) is 0 Å². The van der Waals surface area contributed by atoms with E-state index in [-0.39, 0.29) is 11.4 Å². The average Bonchev–Trinajstić information content (AvgIpc) is 2.70. The smallest absolute Gasteiger partial charge is 0.327 e. The lowest BCUT2D eigenvalue weighted by atomic mass is 10.1. The summed E-state index contributed by atoms with van der Waals surface area (Å²) in [5.41, 5.74) is 1.03. The highest BCUT2D eigenvalue weighted by molar-refractivity contribution is 7.86. The van der Waals surface area contributed by atoms with Gasteiger partial charge in [-0.05, 0) is 55.2 Å². The van der Waals surface area contributed by atoms with Crippen molar-refractivity contribution in [1.82, 2.24) is 4.73 Å².